The predicted molar refractivity (Wildman–Crippen MR) is 114 cm³/mol. The number of sulfone groups is 1. The second-order valence-electron chi connectivity index (χ2n) is 5.93. The zero-order valence-electron chi connectivity index (χ0n) is 17.6. The molecule has 0 aliphatic heterocycles. The molecule has 13 heteroatoms. The van der Waals surface area contributed by atoms with Gasteiger partial charge in [0, 0.05) is 18.2 Å². The van der Waals surface area contributed by atoms with Crippen molar-refractivity contribution in [1.29, 1.82) is 0 Å². The second-order valence-corrected chi connectivity index (χ2v) is 9.31. The molecule has 0 saturated carbocycles. The molecule has 0 aliphatic rings. The van der Waals surface area contributed by atoms with Crippen LogP contribution in [-0.2, 0) is 14.6 Å². The number of amides is 1. The van der Waals surface area contributed by atoms with Crippen molar-refractivity contribution in [2.24, 2.45) is 4.99 Å². The minimum Gasteiger partial charge on any atom is -0.341 e. The Balaban J connectivity index is 5.97. The van der Waals surface area contributed by atoms with E-state index < -0.39 is 61.0 Å². The molecule has 0 spiro atoms. The summed E-state index contributed by atoms with van der Waals surface area (Å²) in [5, 5.41) is 0. The van der Waals surface area contributed by atoms with Gasteiger partial charge < -0.3 is 4.90 Å². The number of aliphatic imine (C=N–C) groups is 1. The van der Waals surface area contributed by atoms with Gasteiger partial charge in [0.05, 0.1) is 28.1 Å². The number of alkyl halides is 6. The molecule has 0 aromatic rings. The van der Waals surface area contributed by atoms with Gasteiger partial charge in [-0.1, -0.05) is 31.7 Å². The molecule has 0 fully saturated rings. The highest BCUT2D eigenvalue weighted by Crippen LogP contribution is 2.37. The zero-order valence-corrected chi connectivity index (χ0v) is 19.2. The van der Waals surface area contributed by atoms with Crippen molar-refractivity contribution in [2.75, 3.05) is 12.8 Å². The van der Waals surface area contributed by atoms with Gasteiger partial charge in [-0.3, -0.25) is 4.79 Å². The average molecular weight is 505 g/mol. The van der Waals surface area contributed by atoms with E-state index in [0.29, 0.717) is 12.2 Å². The van der Waals surface area contributed by atoms with Crippen molar-refractivity contribution in [3.8, 4) is 0 Å². The molecule has 0 N–H and O–H groups in total. The topological polar surface area (TPSA) is 66.8 Å². The van der Waals surface area contributed by atoms with Crippen molar-refractivity contribution in [3.05, 3.63) is 58.0 Å². The molecule has 0 rings (SSSR count). The molecule has 0 radical (unpaired) electrons. The Morgan fingerprint density at radius 2 is 1.72 bits per heavy atom. The lowest BCUT2D eigenvalue weighted by Gasteiger charge is -2.13. The van der Waals surface area contributed by atoms with Gasteiger partial charge in [-0.05, 0) is 31.7 Å². The highest BCUT2D eigenvalue weighted by molar-refractivity contribution is 8.04. The van der Waals surface area contributed by atoms with E-state index in [1.54, 1.807) is 0 Å². The Morgan fingerprint density at radius 1 is 1.16 bits per heavy atom. The number of allylic oxidation sites excluding steroid dienone is 5. The molecule has 0 aromatic carbocycles. The van der Waals surface area contributed by atoms with Crippen LogP contribution in [0, 0.1) is 0 Å². The van der Waals surface area contributed by atoms with Crippen LogP contribution in [0.3, 0.4) is 0 Å². The third-order valence-electron chi connectivity index (χ3n) is 3.45. The number of hydrogen-bond acceptors (Lipinski definition) is 4. The number of rotatable bonds is 9. The summed E-state index contributed by atoms with van der Waals surface area (Å²) in [7, 11) is -3.04. The molecular weight excluding hydrogens is 482 g/mol. The molecular formula is C19H22F6N2O3S2. The van der Waals surface area contributed by atoms with Crippen LogP contribution in [0.25, 0.3) is 0 Å². The van der Waals surface area contributed by atoms with Gasteiger partial charge in [0.25, 0.3) is 5.91 Å². The first kappa shape index (κ1) is 29.7. The first-order valence-corrected chi connectivity index (χ1v) is 11.2. The van der Waals surface area contributed by atoms with E-state index in [-0.39, 0.29) is 4.91 Å². The first-order chi connectivity index (χ1) is 14.5. The molecule has 0 saturated heterocycles. The number of hydrogen-bond donors (Lipinski definition) is 0. The predicted octanol–water partition coefficient (Wildman–Crippen LogP) is 5.53. The summed E-state index contributed by atoms with van der Waals surface area (Å²) in [5.74, 6) is -1.88. The van der Waals surface area contributed by atoms with Crippen LogP contribution >= 0.6 is 11.8 Å². The van der Waals surface area contributed by atoms with Crippen molar-refractivity contribution < 1.29 is 39.6 Å². The lowest BCUT2D eigenvalue weighted by Crippen LogP contribution is -2.17. The highest BCUT2D eigenvalue weighted by Gasteiger charge is 2.34. The van der Waals surface area contributed by atoms with Gasteiger partial charge in [0.2, 0.25) is 0 Å². The van der Waals surface area contributed by atoms with E-state index in [9.17, 15) is 39.6 Å². The zero-order chi connectivity index (χ0) is 25.3. The number of thioether (sulfide) groups is 1. The monoisotopic (exact) mass is 504 g/mol. The highest BCUT2D eigenvalue weighted by atomic mass is 32.2. The van der Waals surface area contributed by atoms with Crippen molar-refractivity contribution >= 4 is 33.8 Å². The molecule has 32 heavy (non-hydrogen) atoms. The fourth-order valence-corrected chi connectivity index (χ4v) is 3.72. The number of carbonyl (C=O) groups is 1. The summed E-state index contributed by atoms with van der Waals surface area (Å²) in [5.41, 5.74) is -6.69. The SMILES string of the molecule is C=C(C(=O)N=CN(C)/C=C(\C=C/C)SC(F)(F)F)/C(=C\C(=C/C)C(F)(F)F)S(=O)(=O)CC. The van der Waals surface area contributed by atoms with Crippen LogP contribution in [0.5, 0.6) is 0 Å². The summed E-state index contributed by atoms with van der Waals surface area (Å²) in [6.45, 7) is 6.96. The minimum absolute atomic E-state index is 0.239. The molecule has 0 heterocycles. The molecule has 0 unspecified atom stereocenters. The summed E-state index contributed by atoms with van der Waals surface area (Å²) < 4.78 is 101. The van der Waals surface area contributed by atoms with Crippen molar-refractivity contribution in [2.45, 2.75) is 32.5 Å². The molecule has 5 nitrogen and oxygen atoms in total. The van der Waals surface area contributed by atoms with E-state index in [1.807, 2.05) is 0 Å². The van der Waals surface area contributed by atoms with E-state index in [4.69, 9.17) is 0 Å². The van der Waals surface area contributed by atoms with Gasteiger partial charge in [-0.2, -0.15) is 31.3 Å². The van der Waals surface area contributed by atoms with Gasteiger partial charge >= 0.3 is 11.7 Å². The van der Waals surface area contributed by atoms with Crippen LogP contribution in [0.4, 0.5) is 26.3 Å². The van der Waals surface area contributed by atoms with Crippen molar-refractivity contribution in [1.82, 2.24) is 4.90 Å². The summed E-state index contributed by atoms with van der Waals surface area (Å²) in [6.07, 6.45) is 0.347. The maximum absolute atomic E-state index is 13.0. The third-order valence-corrected chi connectivity index (χ3v) is 5.95. The van der Waals surface area contributed by atoms with Gasteiger partial charge in [0.15, 0.2) is 9.84 Å². The molecule has 0 aliphatic carbocycles. The van der Waals surface area contributed by atoms with E-state index in [1.165, 1.54) is 27.0 Å². The Hall–Kier alpha value is -2.28. The standard InChI is InChI=1S/C19H22F6N2O3S2/c1-6-9-15(31-19(23,24)25)11-27(5)12-26-17(28)13(4)16(32(29,30)8-3)10-14(7-2)18(20,21)22/h6-7,9-12H,4,8H2,1-3,5H3/b9-6-,14-7+,15-11+,16-10+,26-12?. The molecule has 1 amide bonds. The minimum atomic E-state index is -4.87. The van der Waals surface area contributed by atoms with Crippen LogP contribution < -0.4 is 0 Å². The largest absolute Gasteiger partial charge is 0.446 e. The number of carbonyl (C=O) groups excluding carboxylic acids is 1. The smallest absolute Gasteiger partial charge is 0.341 e. The average Bonchev–Trinajstić information content (AvgIpc) is 2.63. The maximum Gasteiger partial charge on any atom is 0.446 e. The number of halogens is 6. The summed E-state index contributed by atoms with van der Waals surface area (Å²) >= 11 is -0.415. The van der Waals surface area contributed by atoms with Crippen LogP contribution in [0.1, 0.15) is 20.8 Å². The first-order valence-electron chi connectivity index (χ1n) is 8.76. The molecule has 0 atom stereocenters. The van der Waals surface area contributed by atoms with E-state index in [0.717, 1.165) is 30.4 Å². The Kier molecular flexibility index (Phi) is 11.2. The van der Waals surface area contributed by atoms with Gasteiger partial charge in [-0.15, -0.1) is 0 Å². The van der Waals surface area contributed by atoms with Gasteiger partial charge in [0.1, 0.15) is 0 Å². The lowest BCUT2D eigenvalue weighted by molar-refractivity contribution is -0.114. The fraction of sp³-hybridized carbons (Fsp3) is 0.368. The number of nitrogens with zero attached hydrogens (tertiary/aromatic N) is 2. The Labute approximate surface area is 186 Å². The van der Waals surface area contributed by atoms with Crippen LogP contribution in [-0.4, -0.2) is 50.0 Å². The Bertz CT molecular complexity index is 957. The van der Waals surface area contributed by atoms with Crippen LogP contribution in [0.15, 0.2) is 63.0 Å². The maximum atomic E-state index is 13.0. The van der Waals surface area contributed by atoms with E-state index >= 15 is 0 Å². The summed E-state index contributed by atoms with van der Waals surface area (Å²) in [6, 6.07) is 0. The molecule has 0 bridgehead atoms. The van der Waals surface area contributed by atoms with Crippen molar-refractivity contribution in [3.63, 3.8) is 0 Å². The van der Waals surface area contributed by atoms with Crippen LogP contribution in [0.2, 0.25) is 0 Å². The molecule has 0 aromatic heterocycles. The van der Waals surface area contributed by atoms with Gasteiger partial charge in [-0.25, -0.2) is 8.42 Å². The quantitative estimate of drug-likeness (QED) is 0.136. The molecule has 180 valence electrons. The lowest BCUT2D eigenvalue weighted by atomic mass is 10.1. The second kappa shape index (κ2) is 12.1. The van der Waals surface area contributed by atoms with E-state index in [2.05, 4.69) is 11.6 Å². The Morgan fingerprint density at radius 3 is 2.12 bits per heavy atom. The fourth-order valence-electron chi connectivity index (χ4n) is 1.95. The normalized spacial score (nSPS) is 15.0. The third kappa shape index (κ3) is 10.4. The summed E-state index contributed by atoms with van der Waals surface area (Å²) in [4.78, 5) is 15.5.